The maximum Gasteiger partial charge on any atom is 0.253 e. The van der Waals surface area contributed by atoms with Gasteiger partial charge in [0, 0.05) is 31.0 Å². The lowest BCUT2D eigenvalue weighted by molar-refractivity contribution is -0.146. The van der Waals surface area contributed by atoms with Crippen molar-refractivity contribution in [3.8, 4) is 5.75 Å². The maximum atomic E-state index is 14.6. The van der Waals surface area contributed by atoms with Gasteiger partial charge in [0.2, 0.25) is 11.8 Å². The summed E-state index contributed by atoms with van der Waals surface area (Å²) in [7, 11) is 1.57. The summed E-state index contributed by atoms with van der Waals surface area (Å²) in [5.41, 5.74) is -0.781. The topological polar surface area (TPSA) is 99.6 Å². The van der Waals surface area contributed by atoms with E-state index in [0.29, 0.717) is 36.4 Å². The number of hydrogen-bond donors (Lipinski definition) is 1. The molecule has 2 bridgehead atoms. The lowest BCUT2D eigenvalue weighted by Crippen LogP contribution is -2.57. The third-order valence-corrected chi connectivity index (χ3v) is 9.13. The third kappa shape index (κ3) is 4.51. The van der Waals surface area contributed by atoms with Crippen LogP contribution in [0.3, 0.4) is 0 Å². The molecule has 2 aromatic carbocycles. The van der Waals surface area contributed by atoms with Gasteiger partial charge in [0.05, 0.1) is 31.2 Å². The highest BCUT2D eigenvalue weighted by Crippen LogP contribution is 2.64. The Bertz CT molecular complexity index is 1350. The third-order valence-electron chi connectivity index (χ3n) is 9.13. The van der Waals surface area contributed by atoms with Crippen LogP contribution in [0.15, 0.2) is 79.9 Å². The highest BCUT2D eigenvalue weighted by atomic mass is 16.5. The first kappa shape index (κ1) is 29.5. The van der Waals surface area contributed by atoms with Crippen LogP contribution in [-0.2, 0) is 19.1 Å². The van der Waals surface area contributed by atoms with E-state index in [9.17, 15) is 19.5 Å². The van der Waals surface area contributed by atoms with E-state index in [2.05, 4.69) is 13.2 Å². The normalized spacial score (nSPS) is 27.5. The summed E-state index contributed by atoms with van der Waals surface area (Å²) < 4.78 is 12.2. The van der Waals surface area contributed by atoms with E-state index in [1.807, 2.05) is 37.3 Å². The molecule has 3 aliphatic rings. The molecular formula is C33H39N3O6. The number of hydrogen-bond acceptors (Lipinski definition) is 6. The highest BCUT2D eigenvalue weighted by molar-refractivity contribution is 6.06. The second-order valence-electron chi connectivity index (χ2n) is 11.1. The van der Waals surface area contributed by atoms with Crippen LogP contribution in [0.1, 0.15) is 26.2 Å². The van der Waals surface area contributed by atoms with E-state index in [1.165, 1.54) is 4.90 Å². The van der Waals surface area contributed by atoms with Crippen molar-refractivity contribution >= 4 is 29.1 Å². The molecule has 222 valence electrons. The number of ether oxygens (including phenoxy) is 2. The number of fused-ring (bicyclic) bond motifs is 1. The van der Waals surface area contributed by atoms with Crippen molar-refractivity contribution in [2.24, 2.45) is 11.8 Å². The average Bonchev–Trinajstić information content (AvgIpc) is 3.62. The Balaban J connectivity index is 1.59. The standard InChI is InChI=1S/C33H39N3O6/c1-5-19-34(23-11-9-8-10-12-23)29(38)26-27-30(39)36(21-22-37)28(33(27)18-17-32(26,7-3)42-33)31(40)35(20-6-2)24-13-15-25(41-4)16-14-24/h5-6,8-16,26-28,37H,1-2,7,17-22H2,3-4H3/t26-,27+,28?,32+,33?/m1/s1. The Labute approximate surface area is 247 Å². The van der Waals surface area contributed by atoms with Crippen molar-refractivity contribution < 1.29 is 29.0 Å². The van der Waals surface area contributed by atoms with Gasteiger partial charge in [0.25, 0.3) is 5.91 Å². The summed E-state index contributed by atoms with van der Waals surface area (Å²) >= 11 is 0. The number of likely N-dealkylation sites (tertiary alicyclic amines) is 1. The van der Waals surface area contributed by atoms with Crippen LogP contribution >= 0.6 is 0 Å². The molecule has 42 heavy (non-hydrogen) atoms. The molecule has 3 amide bonds. The fraction of sp³-hybridized carbons (Fsp3) is 0.424. The number of nitrogens with zero attached hydrogens (tertiary/aromatic N) is 3. The molecule has 3 aliphatic heterocycles. The Morgan fingerprint density at radius 1 is 1.02 bits per heavy atom. The molecule has 5 atom stereocenters. The predicted octanol–water partition coefficient (Wildman–Crippen LogP) is 3.58. The average molecular weight is 574 g/mol. The molecule has 1 N–H and O–H groups in total. The first-order valence-corrected chi connectivity index (χ1v) is 14.5. The van der Waals surface area contributed by atoms with Crippen LogP contribution in [0.2, 0.25) is 0 Å². The van der Waals surface area contributed by atoms with Crippen LogP contribution in [0.4, 0.5) is 11.4 Å². The molecule has 0 aliphatic carbocycles. The molecule has 9 nitrogen and oxygen atoms in total. The largest absolute Gasteiger partial charge is 0.497 e. The van der Waals surface area contributed by atoms with Crippen LogP contribution in [0.25, 0.3) is 0 Å². The zero-order chi connectivity index (χ0) is 30.1. The summed E-state index contributed by atoms with van der Waals surface area (Å²) in [4.78, 5) is 48.0. The molecule has 1 spiro atoms. The Morgan fingerprint density at radius 3 is 2.21 bits per heavy atom. The van der Waals surface area contributed by atoms with Crippen molar-refractivity contribution in [2.75, 3.05) is 43.2 Å². The van der Waals surface area contributed by atoms with E-state index in [1.54, 1.807) is 53.3 Å². The van der Waals surface area contributed by atoms with E-state index >= 15 is 0 Å². The molecule has 0 radical (unpaired) electrons. The molecule has 9 heteroatoms. The number of methoxy groups -OCH3 is 1. The summed E-state index contributed by atoms with van der Waals surface area (Å²) in [6.07, 6.45) is 4.81. The van der Waals surface area contributed by atoms with E-state index in [-0.39, 0.29) is 44.0 Å². The van der Waals surface area contributed by atoms with Gasteiger partial charge in [-0.25, -0.2) is 0 Å². The SMILES string of the molecule is C=CCN(C(=O)C1N(CCO)C(=O)[C@@H]2[C@H](C(=O)N(CC=C)c3ccccc3)[C@]3(CC)CCC12O3)c1ccc(OC)cc1. The van der Waals surface area contributed by atoms with Crippen molar-refractivity contribution in [2.45, 2.75) is 43.4 Å². The van der Waals surface area contributed by atoms with Crippen LogP contribution in [-0.4, -0.2) is 78.3 Å². The second-order valence-corrected chi connectivity index (χ2v) is 11.1. The summed E-state index contributed by atoms with van der Waals surface area (Å²) in [5.74, 6) is -1.91. The molecule has 0 saturated carbocycles. The second kappa shape index (κ2) is 11.7. The molecular weight excluding hydrogens is 534 g/mol. The van der Waals surface area contributed by atoms with Crippen LogP contribution in [0, 0.1) is 11.8 Å². The quantitative estimate of drug-likeness (QED) is 0.390. The number of para-hydroxylation sites is 1. The van der Waals surface area contributed by atoms with Crippen molar-refractivity contribution in [1.82, 2.24) is 4.90 Å². The van der Waals surface area contributed by atoms with E-state index in [4.69, 9.17) is 9.47 Å². The highest BCUT2D eigenvalue weighted by Gasteiger charge is 2.79. The Morgan fingerprint density at radius 2 is 1.64 bits per heavy atom. The molecule has 2 aromatic rings. The van der Waals surface area contributed by atoms with Crippen LogP contribution in [0.5, 0.6) is 5.75 Å². The van der Waals surface area contributed by atoms with Gasteiger partial charge >= 0.3 is 0 Å². The van der Waals surface area contributed by atoms with Crippen molar-refractivity contribution in [3.63, 3.8) is 0 Å². The van der Waals surface area contributed by atoms with Gasteiger partial charge in [-0.1, -0.05) is 37.3 Å². The van der Waals surface area contributed by atoms with Gasteiger partial charge in [0.1, 0.15) is 17.4 Å². The molecule has 3 saturated heterocycles. The first-order valence-electron chi connectivity index (χ1n) is 14.5. The summed E-state index contributed by atoms with van der Waals surface area (Å²) in [6.45, 7) is 9.76. The number of β-amino-alcohol motifs (C(OH)–C–C–N with tert-alkyl or cyclic N) is 1. The minimum Gasteiger partial charge on any atom is -0.497 e. The van der Waals surface area contributed by atoms with Gasteiger partial charge in [-0.3, -0.25) is 14.4 Å². The molecule has 3 fully saturated rings. The van der Waals surface area contributed by atoms with Crippen molar-refractivity contribution in [3.05, 3.63) is 79.9 Å². The molecule has 5 rings (SSSR count). The molecule has 0 aromatic heterocycles. The Kier molecular flexibility index (Phi) is 8.25. The zero-order valence-electron chi connectivity index (χ0n) is 24.3. The number of aliphatic hydroxyl groups excluding tert-OH is 1. The monoisotopic (exact) mass is 573 g/mol. The number of carbonyl (C=O) groups is 3. The molecule has 2 unspecified atom stereocenters. The smallest absolute Gasteiger partial charge is 0.253 e. The van der Waals surface area contributed by atoms with Gasteiger partial charge in [-0.2, -0.15) is 0 Å². The lowest BCUT2D eigenvalue weighted by atomic mass is 9.64. The summed E-state index contributed by atoms with van der Waals surface area (Å²) in [5, 5.41) is 9.99. The fourth-order valence-corrected chi connectivity index (χ4v) is 7.31. The van der Waals surface area contributed by atoms with Gasteiger partial charge < -0.3 is 29.3 Å². The number of anilines is 2. The minimum atomic E-state index is -1.21. The molecule has 3 heterocycles. The maximum absolute atomic E-state index is 14.6. The summed E-state index contributed by atoms with van der Waals surface area (Å²) in [6, 6.07) is 15.4. The van der Waals surface area contributed by atoms with Gasteiger partial charge in [0.15, 0.2) is 0 Å². The number of rotatable bonds is 12. The zero-order valence-corrected chi connectivity index (χ0v) is 24.3. The van der Waals surface area contributed by atoms with Gasteiger partial charge in [-0.15, -0.1) is 13.2 Å². The first-order chi connectivity index (χ1) is 20.3. The number of carbonyl (C=O) groups excluding carboxylic acids is 3. The fourth-order valence-electron chi connectivity index (χ4n) is 7.31. The van der Waals surface area contributed by atoms with E-state index < -0.39 is 29.1 Å². The number of aliphatic hydroxyl groups is 1. The van der Waals surface area contributed by atoms with Gasteiger partial charge in [-0.05, 0) is 55.7 Å². The van der Waals surface area contributed by atoms with Crippen LogP contribution < -0.4 is 14.5 Å². The number of amides is 3. The predicted molar refractivity (Wildman–Crippen MR) is 160 cm³/mol. The number of benzene rings is 2. The Hall–Kier alpha value is -3.95. The minimum absolute atomic E-state index is 0.0452. The lowest BCUT2D eigenvalue weighted by Gasteiger charge is -2.37. The van der Waals surface area contributed by atoms with Crippen molar-refractivity contribution in [1.29, 1.82) is 0 Å². The van der Waals surface area contributed by atoms with E-state index in [0.717, 1.165) is 0 Å².